The summed E-state index contributed by atoms with van der Waals surface area (Å²) >= 11 is 1.96. The molecule has 4 rings (SSSR count). The maximum absolute atomic E-state index is 13.3. The molecule has 0 spiro atoms. The van der Waals surface area contributed by atoms with E-state index in [2.05, 4.69) is 33.8 Å². The number of aliphatic carboxylic acids is 1. The van der Waals surface area contributed by atoms with E-state index in [1.165, 1.54) is 19.3 Å². The summed E-state index contributed by atoms with van der Waals surface area (Å²) in [5.74, 6) is 3.07. The van der Waals surface area contributed by atoms with Crippen molar-refractivity contribution in [3.8, 4) is 0 Å². The van der Waals surface area contributed by atoms with Crippen molar-refractivity contribution in [3.63, 3.8) is 0 Å². The number of carboxylic acids is 1. The first-order chi connectivity index (χ1) is 13.8. The third kappa shape index (κ3) is 2.50. The second kappa shape index (κ2) is 7.43. The Morgan fingerprint density at radius 3 is 2.69 bits per heavy atom. The number of rotatable bonds is 9. The van der Waals surface area contributed by atoms with E-state index >= 15 is 0 Å². The summed E-state index contributed by atoms with van der Waals surface area (Å²) in [5.41, 5.74) is -0.893. The van der Waals surface area contributed by atoms with Crippen LogP contribution in [0.4, 0.5) is 0 Å². The van der Waals surface area contributed by atoms with Gasteiger partial charge in [-0.15, -0.1) is 0 Å². The lowest BCUT2D eigenvalue weighted by molar-refractivity contribution is -0.177. The summed E-state index contributed by atoms with van der Waals surface area (Å²) in [6.45, 7) is 8.81. The van der Waals surface area contributed by atoms with Crippen molar-refractivity contribution in [2.45, 2.75) is 72.6 Å². The van der Waals surface area contributed by atoms with E-state index in [1.807, 2.05) is 11.8 Å². The third-order valence-corrected chi connectivity index (χ3v) is 10.7. The van der Waals surface area contributed by atoms with Crippen molar-refractivity contribution in [2.75, 3.05) is 11.5 Å². The number of hydrogen-bond acceptors (Lipinski definition) is 3. The van der Waals surface area contributed by atoms with Crippen LogP contribution in [-0.4, -0.2) is 28.9 Å². The van der Waals surface area contributed by atoms with Gasteiger partial charge in [-0.2, -0.15) is 11.8 Å². The van der Waals surface area contributed by atoms with Crippen molar-refractivity contribution < 1.29 is 14.7 Å². The van der Waals surface area contributed by atoms with Crippen LogP contribution in [0.3, 0.4) is 0 Å². The Morgan fingerprint density at radius 2 is 2.07 bits per heavy atom. The average Bonchev–Trinajstić information content (AvgIpc) is 3.25. The molecule has 3 nitrogen and oxygen atoms in total. The highest BCUT2D eigenvalue weighted by molar-refractivity contribution is 7.99. The highest BCUT2D eigenvalue weighted by Gasteiger charge is 2.83. The van der Waals surface area contributed by atoms with E-state index in [0.717, 1.165) is 49.0 Å². The summed E-state index contributed by atoms with van der Waals surface area (Å²) < 4.78 is 0. The van der Waals surface area contributed by atoms with Gasteiger partial charge in [0.15, 0.2) is 0 Å². The fourth-order valence-corrected chi connectivity index (χ4v) is 9.81. The predicted octanol–water partition coefficient (Wildman–Crippen LogP) is 5.83. The summed E-state index contributed by atoms with van der Waals surface area (Å²) in [5, 5.41) is 10.9. The van der Waals surface area contributed by atoms with E-state index < -0.39 is 16.8 Å². The van der Waals surface area contributed by atoms with Crippen LogP contribution in [0.2, 0.25) is 0 Å². The van der Waals surface area contributed by atoms with Crippen LogP contribution in [-0.2, 0) is 9.59 Å². The minimum atomic E-state index is -0.983. The van der Waals surface area contributed by atoms with E-state index in [-0.39, 0.29) is 23.2 Å². The van der Waals surface area contributed by atoms with Gasteiger partial charge < -0.3 is 9.90 Å². The smallest absolute Gasteiger partial charge is 0.315 e. The molecule has 3 fully saturated rings. The zero-order valence-corrected chi connectivity index (χ0v) is 19.4. The van der Waals surface area contributed by atoms with Crippen LogP contribution in [0.25, 0.3) is 0 Å². The van der Waals surface area contributed by atoms with Gasteiger partial charge in [0.05, 0.1) is 5.41 Å². The fourth-order valence-electron chi connectivity index (χ4n) is 8.34. The molecular formula is C25H38O3S. The van der Waals surface area contributed by atoms with Gasteiger partial charge in [-0.05, 0) is 61.0 Å². The first-order valence-electron chi connectivity index (χ1n) is 11.8. The summed E-state index contributed by atoms with van der Waals surface area (Å²) in [7, 11) is 0. The van der Waals surface area contributed by atoms with Crippen LogP contribution in [0, 0.1) is 45.8 Å². The number of carbonyl (C=O) groups is 2. The summed E-state index contributed by atoms with van der Waals surface area (Å²) in [6, 6.07) is 0. The molecule has 4 heteroatoms. The average molecular weight is 419 g/mol. The van der Waals surface area contributed by atoms with E-state index in [1.54, 1.807) is 0 Å². The van der Waals surface area contributed by atoms with Crippen molar-refractivity contribution in [1.82, 2.24) is 0 Å². The molecule has 0 radical (unpaired) electrons. The molecule has 3 saturated carbocycles. The molecule has 0 heterocycles. The Labute approximate surface area is 180 Å². The number of unbranched alkanes of at least 4 members (excludes halogenated alkanes) is 2. The fraction of sp³-hybridized carbons (Fsp3) is 0.840. The van der Waals surface area contributed by atoms with E-state index in [4.69, 9.17) is 0 Å². The van der Waals surface area contributed by atoms with Crippen molar-refractivity contribution in [1.29, 1.82) is 0 Å². The highest BCUT2D eigenvalue weighted by atomic mass is 32.2. The van der Waals surface area contributed by atoms with Crippen molar-refractivity contribution in [2.24, 2.45) is 45.8 Å². The van der Waals surface area contributed by atoms with Gasteiger partial charge in [0.2, 0.25) is 0 Å². The van der Waals surface area contributed by atoms with E-state index in [9.17, 15) is 14.7 Å². The standard InChI is InChI=1S/C25H38O3S/c1-5-6-7-10-29-15-24-13-19-17(4)8-9-20(19)23(14-26)12-18(24)11-21(16(2)3)25(23,24)22(27)28/h11,14,16-20H,5-10,12-13,15H2,1-4H3,(H,27,28)/t17-,18-,19-,20-,23-,24+,25+/m1/s1. The molecule has 4 aliphatic carbocycles. The second-order valence-electron chi connectivity index (χ2n) is 10.7. The van der Waals surface area contributed by atoms with Crippen LogP contribution in [0.5, 0.6) is 0 Å². The van der Waals surface area contributed by atoms with Crippen LogP contribution >= 0.6 is 11.8 Å². The molecule has 29 heavy (non-hydrogen) atoms. The molecule has 7 atom stereocenters. The Bertz CT molecular complexity index is 715. The molecule has 0 aromatic heterocycles. The zero-order chi connectivity index (χ0) is 21.0. The van der Waals surface area contributed by atoms with Crippen molar-refractivity contribution >= 4 is 24.0 Å². The van der Waals surface area contributed by atoms with Gasteiger partial charge in [0.25, 0.3) is 0 Å². The molecule has 4 aliphatic rings. The van der Waals surface area contributed by atoms with Crippen molar-refractivity contribution in [3.05, 3.63) is 11.6 Å². The van der Waals surface area contributed by atoms with Crippen LogP contribution in [0.15, 0.2) is 11.6 Å². The quantitative estimate of drug-likeness (QED) is 0.290. The number of fused-ring (bicyclic) bond motifs is 2. The lowest BCUT2D eigenvalue weighted by atomic mass is 9.43. The Morgan fingerprint density at radius 1 is 1.31 bits per heavy atom. The van der Waals surface area contributed by atoms with Gasteiger partial charge in [-0.3, -0.25) is 4.79 Å². The normalized spacial score (nSPS) is 44.8. The number of allylic oxidation sites excluding steroid dienone is 1. The first-order valence-corrected chi connectivity index (χ1v) is 13.0. The minimum absolute atomic E-state index is 0.176. The number of carboxylic acid groups (broad SMARTS) is 1. The maximum atomic E-state index is 13.3. The molecule has 0 unspecified atom stereocenters. The van der Waals surface area contributed by atoms with Gasteiger partial charge >= 0.3 is 5.97 Å². The van der Waals surface area contributed by atoms with Crippen LogP contribution < -0.4 is 0 Å². The Kier molecular flexibility index (Phi) is 5.50. The lowest BCUT2D eigenvalue weighted by Crippen LogP contribution is -2.63. The molecule has 0 saturated heterocycles. The second-order valence-corrected chi connectivity index (χ2v) is 11.9. The number of thioether (sulfide) groups is 1. The number of carbonyl (C=O) groups excluding carboxylic acids is 1. The molecule has 162 valence electrons. The topological polar surface area (TPSA) is 54.4 Å². The molecule has 0 aromatic rings. The highest BCUT2D eigenvalue weighted by Crippen LogP contribution is 2.83. The van der Waals surface area contributed by atoms with Gasteiger partial charge in [-0.25, -0.2) is 0 Å². The van der Waals surface area contributed by atoms with E-state index in [0.29, 0.717) is 11.8 Å². The number of aldehydes is 1. The van der Waals surface area contributed by atoms with Crippen LogP contribution in [0.1, 0.15) is 72.6 Å². The third-order valence-electron chi connectivity index (χ3n) is 9.37. The zero-order valence-electron chi connectivity index (χ0n) is 18.6. The molecular weight excluding hydrogens is 380 g/mol. The summed E-state index contributed by atoms with van der Waals surface area (Å²) in [6.07, 6.45) is 11.0. The largest absolute Gasteiger partial charge is 0.481 e. The lowest BCUT2D eigenvalue weighted by Gasteiger charge is -2.58. The molecule has 4 bridgehead atoms. The maximum Gasteiger partial charge on any atom is 0.315 e. The molecule has 1 N–H and O–H groups in total. The van der Waals surface area contributed by atoms with Gasteiger partial charge in [-0.1, -0.05) is 58.6 Å². The molecule has 0 amide bonds. The number of hydrogen-bond donors (Lipinski definition) is 1. The SMILES string of the molecule is CCCCCSC[C@@]12C[C@@H]3[C@H](C)CC[C@H]3[C@]3(C=O)C[C@H]1C=C(C(C)C)[C@@]23C(=O)O. The van der Waals surface area contributed by atoms with Gasteiger partial charge in [0.1, 0.15) is 11.7 Å². The monoisotopic (exact) mass is 418 g/mol. The Balaban J connectivity index is 1.82. The van der Waals surface area contributed by atoms with Gasteiger partial charge in [0, 0.05) is 11.2 Å². The molecule has 0 aliphatic heterocycles. The first kappa shape index (κ1) is 21.5. The Hall–Kier alpha value is -0.770. The summed E-state index contributed by atoms with van der Waals surface area (Å²) in [4.78, 5) is 26.2. The molecule has 0 aromatic carbocycles. The predicted molar refractivity (Wildman–Crippen MR) is 119 cm³/mol. The minimum Gasteiger partial charge on any atom is -0.481 e.